The van der Waals surface area contributed by atoms with Crippen LogP contribution in [-0.4, -0.2) is 130 Å². The van der Waals surface area contributed by atoms with Crippen molar-refractivity contribution in [1.82, 2.24) is 52.3 Å². The summed E-state index contributed by atoms with van der Waals surface area (Å²) in [5.41, 5.74) is 4.16. The van der Waals surface area contributed by atoms with E-state index in [0.29, 0.717) is 50.0 Å². The number of carbonyl (C=O) groups excluding carboxylic acids is 8. The third-order valence-electron chi connectivity index (χ3n) is 17.1. The molecule has 4 heterocycles. The van der Waals surface area contributed by atoms with Gasteiger partial charge >= 0.3 is 0 Å². The van der Waals surface area contributed by atoms with Crippen molar-refractivity contribution in [2.75, 3.05) is 25.6 Å². The maximum atomic E-state index is 14.7. The minimum atomic E-state index is -0.822. The molecule has 20 heteroatoms. The molecule has 12 atom stereocenters. The molecule has 1 unspecified atom stereocenters. The van der Waals surface area contributed by atoms with Crippen LogP contribution in [0.25, 0.3) is 0 Å². The second-order valence-corrected chi connectivity index (χ2v) is 25.9. The Morgan fingerprint density at radius 2 is 0.923 bits per heavy atom. The average Bonchev–Trinajstić information content (AvgIpc) is 4.19. The van der Waals surface area contributed by atoms with Crippen LogP contribution in [0.1, 0.15) is 113 Å². The fourth-order valence-electron chi connectivity index (χ4n) is 12.5. The number of hydrogen-bond acceptors (Lipinski definition) is 12. The summed E-state index contributed by atoms with van der Waals surface area (Å²) in [7, 11) is 3.37. The number of benzene rings is 3. The van der Waals surface area contributed by atoms with Crippen molar-refractivity contribution >= 4 is 70.8 Å². The zero-order valence-corrected chi connectivity index (χ0v) is 47.5. The third kappa shape index (κ3) is 11.5. The number of thioether (sulfide) groups is 2. The molecule has 4 fully saturated rings. The van der Waals surface area contributed by atoms with E-state index in [2.05, 4.69) is 42.5 Å². The van der Waals surface area contributed by atoms with E-state index in [-0.39, 0.29) is 71.1 Å². The predicted octanol–water partition coefficient (Wildman–Crippen LogP) is 3.34. The molecule has 4 saturated heterocycles. The summed E-state index contributed by atoms with van der Waals surface area (Å²) in [6.07, 6.45) is 2.96. The van der Waals surface area contributed by atoms with E-state index < -0.39 is 71.0 Å². The normalized spacial score (nSPS) is 28.4. The highest BCUT2D eigenvalue weighted by Crippen LogP contribution is 2.49. The van der Waals surface area contributed by atoms with Crippen molar-refractivity contribution < 1.29 is 38.4 Å². The van der Waals surface area contributed by atoms with Gasteiger partial charge in [0.05, 0.1) is 46.8 Å². The third-order valence-corrected chi connectivity index (χ3v) is 19.6. The molecule has 8 amide bonds. The second kappa shape index (κ2) is 23.4. The zero-order valence-electron chi connectivity index (χ0n) is 45.9. The van der Waals surface area contributed by atoms with Crippen LogP contribution < -0.4 is 42.5 Å². The Labute approximate surface area is 466 Å². The summed E-state index contributed by atoms with van der Waals surface area (Å²) in [5, 5.41) is 23.9. The molecule has 9 rings (SSSR count). The average molecular weight is 1110 g/mol. The summed E-state index contributed by atoms with van der Waals surface area (Å²) < 4.78 is 0. The van der Waals surface area contributed by atoms with Crippen LogP contribution in [0.4, 0.5) is 0 Å². The molecule has 3 aromatic carbocycles. The Morgan fingerprint density at radius 3 is 1.29 bits per heavy atom. The Balaban J connectivity index is 0.823. The molecule has 6 aliphatic rings. The lowest BCUT2D eigenvalue weighted by atomic mass is 9.83. The molecule has 0 aromatic heterocycles. The molecular formula is C58H76N10O8S2. The summed E-state index contributed by atoms with van der Waals surface area (Å²) in [6.45, 7) is 11.9. The summed E-state index contributed by atoms with van der Waals surface area (Å²) in [4.78, 5) is 115. The van der Waals surface area contributed by atoms with E-state index in [4.69, 9.17) is 0 Å². The topological polar surface area (TPSA) is 239 Å². The molecule has 2 aliphatic carbocycles. The molecule has 8 N–H and O–H groups in total. The van der Waals surface area contributed by atoms with E-state index in [1.165, 1.54) is 0 Å². The van der Waals surface area contributed by atoms with Gasteiger partial charge < -0.3 is 52.3 Å². The summed E-state index contributed by atoms with van der Waals surface area (Å²) >= 11 is 3.26. The molecule has 418 valence electrons. The first-order valence-electron chi connectivity index (χ1n) is 27.4. The van der Waals surface area contributed by atoms with Gasteiger partial charge in [-0.25, -0.2) is 0 Å². The monoisotopic (exact) mass is 1100 g/mol. The standard InChI is InChI=1S/C58H76N10O8S2/c1-31(59-7)49(69)63-41-21-23-77-43-27-57(3,4)47(67(43)55(41)75)53(73)65-45-37-15-11-9-13-35(37)25-39(45)51(71)61-29-33-17-19-34(20-18-33)30-62-52(72)40-26-36-14-10-12-16-38(36)46(40)66-54(74)48-58(5,6)28-44-68(48)56(76)42(22-24-78-44)64-50(70)32(2)60-8/h9-20,31-32,39-48,59-60H,21-30H2,1-8H3,(H,61,71)(H,62,72)(H,63,69)(H,64,70)(H,65,73)(H,66,74)/t31-,32-,39+,40+,41-,42-,43-,44-,45-,46?,47+,48+/m0/s1. The van der Waals surface area contributed by atoms with E-state index in [0.717, 1.165) is 33.4 Å². The first-order chi connectivity index (χ1) is 37.2. The van der Waals surface area contributed by atoms with E-state index in [1.54, 1.807) is 61.3 Å². The Kier molecular flexibility index (Phi) is 17.0. The predicted molar refractivity (Wildman–Crippen MR) is 300 cm³/mol. The van der Waals surface area contributed by atoms with Crippen molar-refractivity contribution in [2.45, 2.75) is 152 Å². The molecule has 18 nitrogen and oxygen atoms in total. The Hall–Kier alpha value is -5.96. The lowest BCUT2D eigenvalue weighted by Crippen LogP contribution is -2.58. The van der Waals surface area contributed by atoms with Crippen molar-refractivity contribution in [3.05, 3.63) is 106 Å². The van der Waals surface area contributed by atoms with E-state index in [9.17, 15) is 38.4 Å². The molecule has 0 radical (unpaired) electrons. The Morgan fingerprint density at radius 1 is 0.551 bits per heavy atom. The van der Waals surface area contributed by atoms with E-state index >= 15 is 0 Å². The molecule has 78 heavy (non-hydrogen) atoms. The minimum absolute atomic E-state index is 0.223. The van der Waals surface area contributed by atoms with Gasteiger partial charge in [-0.3, -0.25) is 38.4 Å². The zero-order chi connectivity index (χ0) is 55.8. The maximum Gasteiger partial charge on any atom is 0.246 e. The Bertz CT molecular complexity index is 2630. The van der Waals surface area contributed by atoms with Crippen LogP contribution in [0, 0.1) is 22.7 Å². The highest BCUT2D eigenvalue weighted by atomic mass is 32.2. The van der Waals surface area contributed by atoms with Gasteiger partial charge in [0.25, 0.3) is 0 Å². The van der Waals surface area contributed by atoms with Crippen molar-refractivity contribution in [1.29, 1.82) is 0 Å². The summed E-state index contributed by atoms with van der Waals surface area (Å²) in [6, 6.07) is 17.6. The lowest BCUT2D eigenvalue weighted by molar-refractivity contribution is -0.144. The first-order valence-corrected chi connectivity index (χ1v) is 29.5. The van der Waals surface area contributed by atoms with Crippen LogP contribution in [0.5, 0.6) is 0 Å². The number of fused-ring (bicyclic) bond motifs is 4. The van der Waals surface area contributed by atoms with E-state index in [1.807, 2.05) is 100 Å². The van der Waals surface area contributed by atoms with Gasteiger partial charge in [0, 0.05) is 13.1 Å². The number of hydrogen-bond donors (Lipinski definition) is 8. The molecule has 0 spiro atoms. The number of amides is 8. The molecule has 0 bridgehead atoms. The van der Waals surface area contributed by atoms with Gasteiger partial charge in [-0.2, -0.15) is 0 Å². The molecular weight excluding hydrogens is 1030 g/mol. The SMILES string of the molecule is CN[C@@H](C)C(=O)N[C@H]1CCS[C@H]2CC(C)(C)[C@@H](C(=O)NC3c4ccccc4C[C@H]3C(=O)NCc3ccc(CNC(=O)[C@@H]4Cc5ccccc5[C@@H]4NC(=O)[C@H]4N5C(=O)[C@@H](NC(=O)[C@H](C)NC)CCS[C@H]5CC4(C)C)cc3)N2C1=O. The largest absolute Gasteiger partial charge is 0.352 e. The van der Waals surface area contributed by atoms with Crippen LogP contribution in [0.3, 0.4) is 0 Å². The molecule has 4 aliphatic heterocycles. The van der Waals surface area contributed by atoms with Crippen molar-refractivity contribution in [2.24, 2.45) is 22.7 Å². The minimum Gasteiger partial charge on any atom is -0.352 e. The fourth-order valence-corrected chi connectivity index (χ4v) is 15.6. The fraction of sp³-hybridized carbons (Fsp3) is 0.552. The summed E-state index contributed by atoms with van der Waals surface area (Å²) in [5.74, 6) is -2.14. The second-order valence-electron chi connectivity index (χ2n) is 23.3. The number of nitrogens with one attached hydrogen (secondary N) is 8. The number of nitrogens with zero attached hydrogens (tertiary/aromatic N) is 2. The first kappa shape index (κ1) is 56.7. The van der Waals surface area contributed by atoms with Crippen molar-refractivity contribution in [3.8, 4) is 0 Å². The highest BCUT2D eigenvalue weighted by molar-refractivity contribution is 8.00. The van der Waals surface area contributed by atoms with Crippen LogP contribution in [0.2, 0.25) is 0 Å². The van der Waals surface area contributed by atoms with Gasteiger partial charge in [-0.15, -0.1) is 23.5 Å². The van der Waals surface area contributed by atoms with Crippen LogP contribution in [0.15, 0.2) is 72.8 Å². The highest BCUT2D eigenvalue weighted by Gasteiger charge is 2.57. The number of carbonyl (C=O) groups is 8. The molecule has 3 aromatic rings. The quantitative estimate of drug-likeness (QED) is 0.103. The molecule has 0 saturated carbocycles. The van der Waals surface area contributed by atoms with Crippen LogP contribution >= 0.6 is 23.5 Å². The number of likely N-dealkylation sites (N-methyl/N-ethyl adjacent to an activating group) is 2. The smallest absolute Gasteiger partial charge is 0.246 e. The van der Waals surface area contributed by atoms with Gasteiger partial charge in [-0.1, -0.05) is 100 Å². The van der Waals surface area contributed by atoms with Gasteiger partial charge in [-0.05, 0) is 122 Å². The van der Waals surface area contributed by atoms with Crippen LogP contribution in [-0.2, 0) is 64.3 Å². The maximum absolute atomic E-state index is 14.7. The van der Waals surface area contributed by atoms with Crippen molar-refractivity contribution in [3.63, 3.8) is 0 Å². The van der Waals surface area contributed by atoms with Gasteiger partial charge in [0.15, 0.2) is 0 Å². The number of rotatable bonds is 16. The van der Waals surface area contributed by atoms with Gasteiger partial charge in [0.2, 0.25) is 47.3 Å². The van der Waals surface area contributed by atoms with Gasteiger partial charge in [0.1, 0.15) is 24.2 Å². The lowest BCUT2D eigenvalue weighted by Gasteiger charge is -2.35.